The number of hydrogen-bond acceptors (Lipinski definition) is 4. The minimum absolute atomic E-state index is 0.156. The van der Waals surface area contributed by atoms with Gasteiger partial charge >= 0.3 is 0 Å². The molecule has 2 atom stereocenters. The molecule has 0 aromatic heterocycles. The van der Waals surface area contributed by atoms with Gasteiger partial charge in [0.25, 0.3) is 0 Å². The number of benzene rings is 2. The second-order valence-electron chi connectivity index (χ2n) is 4.54. The highest BCUT2D eigenvalue weighted by atomic mass is 16.5. The zero-order valence-electron chi connectivity index (χ0n) is 11.3. The van der Waals surface area contributed by atoms with Gasteiger partial charge in [0.1, 0.15) is 5.75 Å². The number of methoxy groups -OCH3 is 1. The Labute approximate surface area is 113 Å². The summed E-state index contributed by atoms with van der Waals surface area (Å²) in [6, 6.07) is 11.9. The van der Waals surface area contributed by atoms with Gasteiger partial charge in [0.05, 0.1) is 19.3 Å². The van der Waals surface area contributed by atoms with Crippen molar-refractivity contribution >= 4 is 10.8 Å². The first-order valence-corrected chi connectivity index (χ1v) is 6.32. The number of rotatable bonds is 5. The third kappa shape index (κ3) is 2.87. The number of nitrogens with one attached hydrogen (secondary N) is 1. The quantitative estimate of drug-likeness (QED) is 0.761. The van der Waals surface area contributed by atoms with Crippen molar-refractivity contribution < 1.29 is 9.84 Å². The van der Waals surface area contributed by atoms with Crippen molar-refractivity contribution in [3.63, 3.8) is 0 Å². The van der Waals surface area contributed by atoms with Crippen LogP contribution in [-0.4, -0.2) is 31.9 Å². The molecule has 4 heteroatoms. The largest absolute Gasteiger partial charge is 0.497 e. The average molecular weight is 260 g/mol. The summed E-state index contributed by atoms with van der Waals surface area (Å²) < 4.78 is 5.21. The number of fused-ring (bicyclic) bond motifs is 1. The summed E-state index contributed by atoms with van der Waals surface area (Å²) in [5, 5.41) is 15.2. The second kappa shape index (κ2) is 6.02. The third-order valence-electron chi connectivity index (χ3n) is 3.37. The Hall–Kier alpha value is -1.62. The van der Waals surface area contributed by atoms with Crippen LogP contribution in [0.25, 0.3) is 10.8 Å². The lowest BCUT2D eigenvalue weighted by atomic mass is 9.98. The van der Waals surface area contributed by atoms with Crippen LogP contribution in [0.15, 0.2) is 36.4 Å². The van der Waals surface area contributed by atoms with E-state index in [-0.39, 0.29) is 12.6 Å². The lowest BCUT2D eigenvalue weighted by molar-refractivity contribution is 0.139. The minimum atomic E-state index is -0.597. The summed E-state index contributed by atoms with van der Waals surface area (Å²) in [5.74, 6) is 0.840. The first kappa shape index (κ1) is 13.8. The van der Waals surface area contributed by atoms with Crippen molar-refractivity contribution in [1.82, 2.24) is 5.32 Å². The Kier molecular flexibility index (Phi) is 4.37. The maximum absolute atomic E-state index is 9.92. The van der Waals surface area contributed by atoms with Gasteiger partial charge < -0.3 is 20.9 Å². The van der Waals surface area contributed by atoms with Crippen LogP contribution in [0.3, 0.4) is 0 Å². The number of nitrogens with two attached hydrogens (primary N) is 1. The van der Waals surface area contributed by atoms with Crippen molar-refractivity contribution in [2.75, 3.05) is 20.7 Å². The van der Waals surface area contributed by atoms with Gasteiger partial charge in [0, 0.05) is 6.54 Å². The molecule has 2 aromatic rings. The van der Waals surface area contributed by atoms with Crippen molar-refractivity contribution in [2.24, 2.45) is 5.73 Å². The first-order valence-electron chi connectivity index (χ1n) is 6.32. The van der Waals surface area contributed by atoms with E-state index in [4.69, 9.17) is 10.5 Å². The molecule has 2 unspecified atom stereocenters. The Balaban J connectivity index is 2.40. The van der Waals surface area contributed by atoms with Crippen LogP contribution in [-0.2, 0) is 0 Å². The molecule has 0 aliphatic carbocycles. The summed E-state index contributed by atoms with van der Waals surface area (Å²) in [5.41, 5.74) is 6.56. The van der Waals surface area contributed by atoms with Gasteiger partial charge in [-0.2, -0.15) is 0 Å². The molecule has 0 heterocycles. The Bertz CT molecular complexity index is 557. The molecule has 0 fully saturated rings. The van der Waals surface area contributed by atoms with Gasteiger partial charge in [-0.25, -0.2) is 0 Å². The predicted molar refractivity (Wildman–Crippen MR) is 77.4 cm³/mol. The second-order valence-corrected chi connectivity index (χ2v) is 4.54. The fraction of sp³-hybridized carbons (Fsp3) is 0.333. The summed E-state index contributed by atoms with van der Waals surface area (Å²) in [4.78, 5) is 0. The standard InChI is InChI=1S/C15H20N2O2/c1-17-15(14(18)9-16)12-4-3-11-8-13(19-2)6-5-10(11)7-12/h3-8,14-15,17-18H,9,16H2,1-2H3. The highest BCUT2D eigenvalue weighted by molar-refractivity contribution is 5.84. The molecule has 0 aliphatic rings. The smallest absolute Gasteiger partial charge is 0.119 e. The fourth-order valence-corrected chi connectivity index (χ4v) is 2.28. The van der Waals surface area contributed by atoms with E-state index in [9.17, 15) is 5.11 Å². The predicted octanol–water partition coefficient (Wildman–Crippen LogP) is 1.43. The lowest BCUT2D eigenvalue weighted by Gasteiger charge is -2.22. The SMILES string of the molecule is CNC(c1ccc2cc(OC)ccc2c1)C(O)CN. The van der Waals surface area contributed by atoms with E-state index in [1.807, 2.05) is 37.4 Å². The number of likely N-dealkylation sites (N-methyl/N-ethyl adjacent to an activating group) is 1. The van der Waals surface area contributed by atoms with Crippen molar-refractivity contribution in [1.29, 1.82) is 0 Å². The molecule has 0 spiro atoms. The van der Waals surface area contributed by atoms with Crippen LogP contribution in [0.4, 0.5) is 0 Å². The maximum atomic E-state index is 9.92. The molecule has 0 amide bonds. The Morgan fingerprint density at radius 2 is 1.89 bits per heavy atom. The van der Waals surface area contributed by atoms with Gasteiger partial charge in [-0.05, 0) is 41.6 Å². The van der Waals surface area contributed by atoms with E-state index in [0.29, 0.717) is 0 Å². The molecular formula is C15H20N2O2. The Morgan fingerprint density at radius 1 is 1.21 bits per heavy atom. The van der Waals surface area contributed by atoms with Gasteiger partial charge in [0.2, 0.25) is 0 Å². The molecule has 0 radical (unpaired) electrons. The molecule has 0 saturated carbocycles. The highest BCUT2D eigenvalue weighted by Crippen LogP contribution is 2.25. The molecular weight excluding hydrogens is 240 g/mol. The van der Waals surface area contributed by atoms with E-state index in [1.54, 1.807) is 7.11 Å². The molecule has 4 N–H and O–H groups in total. The molecule has 102 valence electrons. The summed E-state index contributed by atoms with van der Waals surface area (Å²) in [7, 11) is 3.48. The molecule has 4 nitrogen and oxygen atoms in total. The fourth-order valence-electron chi connectivity index (χ4n) is 2.28. The van der Waals surface area contributed by atoms with E-state index < -0.39 is 6.10 Å². The van der Waals surface area contributed by atoms with Crippen LogP contribution in [0, 0.1) is 0 Å². The lowest BCUT2D eigenvalue weighted by Crippen LogP contribution is -2.34. The Morgan fingerprint density at radius 3 is 2.53 bits per heavy atom. The van der Waals surface area contributed by atoms with Gasteiger partial charge in [0.15, 0.2) is 0 Å². The first-order chi connectivity index (χ1) is 9.19. The van der Waals surface area contributed by atoms with Crippen LogP contribution in [0.5, 0.6) is 5.75 Å². The van der Waals surface area contributed by atoms with E-state index in [1.165, 1.54) is 0 Å². The van der Waals surface area contributed by atoms with E-state index >= 15 is 0 Å². The van der Waals surface area contributed by atoms with Gasteiger partial charge in [-0.3, -0.25) is 0 Å². The van der Waals surface area contributed by atoms with Crippen molar-refractivity contribution in [3.05, 3.63) is 42.0 Å². The van der Waals surface area contributed by atoms with Crippen LogP contribution in [0.1, 0.15) is 11.6 Å². The van der Waals surface area contributed by atoms with Gasteiger partial charge in [-0.1, -0.05) is 18.2 Å². The van der Waals surface area contributed by atoms with Crippen LogP contribution in [0.2, 0.25) is 0 Å². The molecule has 19 heavy (non-hydrogen) atoms. The molecule has 2 aromatic carbocycles. The van der Waals surface area contributed by atoms with Crippen LogP contribution < -0.4 is 15.8 Å². The monoisotopic (exact) mass is 260 g/mol. The number of aliphatic hydroxyl groups excluding tert-OH is 1. The van der Waals surface area contributed by atoms with Crippen molar-refractivity contribution in [3.8, 4) is 5.75 Å². The molecule has 0 bridgehead atoms. The maximum Gasteiger partial charge on any atom is 0.119 e. The molecule has 0 saturated heterocycles. The van der Waals surface area contributed by atoms with Gasteiger partial charge in [-0.15, -0.1) is 0 Å². The topological polar surface area (TPSA) is 67.5 Å². The minimum Gasteiger partial charge on any atom is -0.497 e. The van der Waals surface area contributed by atoms with E-state index in [2.05, 4.69) is 11.4 Å². The summed E-state index contributed by atoms with van der Waals surface area (Å²) >= 11 is 0. The molecule has 2 rings (SSSR count). The van der Waals surface area contributed by atoms with Crippen molar-refractivity contribution in [2.45, 2.75) is 12.1 Å². The number of hydrogen-bond donors (Lipinski definition) is 3. The van der Waals surface area contributed by atoms with Crippen LogP contribution >= 0.6 is 0 Å². The normalized spacial score (nSPS) is 14.3. The van der Waals surface area contributed by atoms with E-state index in [0.717, 1.165) is 22.1 Å². The summed E-state index contributed by atoms with van der Waals surface area (Å²) in [6.45, 7) is 0.228. The third-order valence-corrected chi connectivity index (χ3v) is 3.37. The average Bonchev–Trinajstić information content (AvgIpc) is 2.47. The molecule has 0 aliphatic heterocycles. The zero-order chi connectivity index (χ0) is 13.8. The zero-order valence-corrected chi connectivity index (χ0v) is 11.3. The number of ether oxygens (including phenoxy) is 1. The number of aliphatic hydroxyl groups is 1. The summed E-state index contributed by atoms with van der Waals surface area (Å²) in [6.07, 6.45) is -0.597. The highest BCUT2D eigenvalue weighted by Gasteiger charge is 2.18.